The van der Waals surface area contributed by atoms with Crippen LogP contribution in [0.5, 0.6) is 0 Å². The Bertz CT molecular complexity index is 492. The molecule has 1 aliphatic carbocycles. The number of hydrogen-bond acceptors (Lipinski definition) is 3. The summed E-state index contributed by atoms with van der Waals surface area (Å²) in [6.45, 7) is 5.07. The van der Waals surface area contributed by atoms with E-state index in [-0.39, 0.29) is 36.8 Å². The van der Waals surface area contributed by atoms with Crippen molar-refractivity contribution in [2.24, 2.45) is 0 Å². The van der Waals surface area contributed by atoms with E-state index in [9.17, 15) is 4.79 Å². The normalized spacial score (nSPS) is 20.6. The van der Waals surface area contributed by atoms with E-state index < -0.39 is 0 Å². The monoisotopic (exact) mass is 359 g/mol. The molecule has 1 aromatic rings. The van der Waals surface area contributed by atoms with Crippen LogP contribution in [0.25, 0.3) is 0 Å². The first-order valence-electron chi connectivity index (χ1n) is 8.13. The van der Waals surface area contributed by atoms with Crippen LogP contribution in [-0.2, 0) is 11.2 Å². The van der Waals surface area contributed by atoms with E-state index in [0.29, 0.717) is 6.42 Å². The molecule has 1 saturated heterocycles. The zero-order valence-electron chi connectivity index (χ0n) is 13.4. The molecule has 4 nitrogen and oxygen atoms in total. The van der Waals surface area contributed by atoms with Crippen molar-refractivity contribution in [1.82, 2.24) is 15.5 Å². The molecule has 1 fully saturated rings. The van der Waals surface area contributed by atoms with Gasteiger partial charge in [-0.25, -0.2) is 0 Å². The van der Waals surface area contributed by atoms with Crippen LogP contribution in [0.1, 0.15) is 36.4 Å². The summed E-state index contributed by atoms with van der Waals surface area (Å²) >= 11 is 0. The SMILES string of the molecule is Cl.Cl.O=C(CCN1CCNCC1)NC1CCCc2ccccc21. The van der Waals surface area contributed by atoms with Gasteiger partial charge < -0.3 is 15.5 Å². The summed E-state index contributed by atoms with van der Waals surface area (Å²) in [5, 5.41) is 6.57. The summed E-state index contributed by atoms with van der Waals surface area (Å²) in [4.78, 5) is 14.6. The lowest BCUT2D eigenvalue weighted by Gasteiger charge is -2.28. The van der Waals surface area contributed by atoms with E-state index in [0.717, 1.165) is 45.6 Å². The molecule has 0 aromatic heterocycles. The van der Waals surface area contributed by atoms with Crippen LogP contribution in [0, 0.1) is 0 Å². The Morgan fingerprint density at radius 3 is 2.74 bits per heavy atom. The molecular formula is C17H27Cl2N3O. The molecule has 0 spiro atoms. The first-order valence-corrected chi connectivity index (χ1v) is 8.13. The average molecular weight is 360 g/mol. The summed E-state index contributed by atoms with van der Waals surface area (Å²) in [6.07, 6.45) is 3.98. The molecule has 3 rings (SSSR count). The van der Waals surface area contributed by atoms with Crippen molar-refractivity contribution < 1.29 is 4.79 Å². The molecule has 1 heterocycles. The molecule has 2 aliphatic rings. The zero-order chi connectivity index (χ0) is 14.5. The molecule has 0 bridgehead atoms. The Hall–Kier alpha value is -0.810. The van der Waals surface area contributed by atoms with Crippen LogP contribution in [0.15, 0.2) is 24.3 Å². The fourth-order valence-electron chi connectivity index (χ4n) is 3.36. The average Bonchev–Trinajstić information content (AvgIpc) is 2.54. The third kappa shape index (κ3) is 5.64. The van der Waals surface area contributed by atoms with E-state index in [1.165, 1.54) is 17.5 Å². The number of rotatable bonds is 4. The Kier molecular flexibility index (Phi) is 8.92. The molecule has 0 radical (unpaired) electrons. The number of amides is 1. The lowest BCUT2D eigenvalue weighted by atomic mass is 9.87. The number of nitrogens with zero attached hydrogens (tertiary/aromatic N) is 1. The van der Waals surface area contributed by atoms with E-state index in [1.807, 2.05) is 0 Å². The highest BCUT2D eigenvalue weighted by atomic mass is 35.5. The third-order valence-electron chi connectivity index (χ3n) is 4.57. The smallest absolute Gasteiger partial charge is 0.221 e. The van der Waals surface area contributed by atoms with Gasteiger partial charge in [0.1, 0.15) is 0 Å². The Labute approximate surface area is 151 Å². The first-order chi connectivity index (χ1) is 10.3. The van der Waals surface area contributed by atoms with E-state index in [2.05, 4.69) is 39.8 Å². The number of nitrogens with one attached hydrogen (secondary N) is 2. The number of hydrogen-bond donors (Lipinski definition) is 2. The van der Waals surface area contributed by atoms with E-state index in [4.69, 9.17) is 0 Å². The molecule has 23 heavy (non-hydrogen) atoms. The topological polar surface area (TPSA) is 44.4 Å². The molecule has 6 heteroatoms. The second-order valence-corrected chi connectivity index (χ2v) is 6.05. The van der Waals surface area contributed by atoms with Crippen molar-refractivity contribution in [2.75, 3.05) is 32.7 Å². The maximum Gasteiger partial charge on any atom is 0.221 e. The minimum atomic E-state index is 0. The first kappa shape index (κ1) is 20.2. The lowest BCUT2D eigenvalue weighted by molar-refractivity contribution is -0.122. The summed E-state index contributed by atoms with van der Waals surface area (Å²) in [5.41, 5.74) is 2.72. The Morgan fingerprint density at radius 1 is 1.22 bits per heavy atom. The predicted octanol–water partition coefficient (Wildman–Crippen LogP) is 2.32. The Balaban J connectivity index is 0.00000132. The van der Waals surface area contributed by atoms with Crippen LogP contribution in [0.2, 0.25) is 0 Å². The number of aryl methyl sites for hydroxylation is 1. The highest BCUT2D eigenvalue weighted by Crippen LogP contribution is 2.29. The van der Waals surface area contributed by atoms with Crippen molar-refractivity contribution in [3.8, 4) is 0 Å². The van der Waals surface area contributed by atoms with Crippen molar-refractivity contribution in [3.05, 3.63) is 35.4 Å². The van der Waals surface area contributed by atoms with Gasteiger partial charge in [-0.05, 0) is 30.4 Å². The number of carbonyl (C=O) groups is 1. The summed E-state index contributed by atoms with van der Waals surface area (Å²) < 4.78 is 0. The molecule has 0 saturated carbocycles. The molecular weight excluding hydrogens is 333 g/mol. The molecule has 1 aliphatic heterocycles. The molecule has 1 amide bonds. The standard InChI is InChI=1S/C17H25N3O.2ClH/c21-17(8-11-20-12-9-18-10-13-20)19-16-7-3-5-14-4-1-2-6-15(14)16;;/h1-2,4,6,16,18H,3,5,7-13H2,(H,19,21);2*1H. The van der Waals surface area contributed by atoms with Crippen LogP contribution >= 0.6 is 24.8 Å². The zero-order valence-corrected chi connectivity index (χ0v) is 15.1. The van der Waals surface area contributed by atoms with Crippen molar-refractivity contribution in [1.29, 1.82) is 0 Å². The van der Waals surface area contributed by atoms with Gasteiger partial charge in [-0.2, -0.15) is 0 Å². The molecule has 130 valence electrons. The van der Waals surface area contributed by atoms with Crippen molar-refractivity contribution in [3.63, 3.8) is 0 Å². The number of piperazine rings is 1. The van der Waals surface area contributed by atoms with Gasteiger partial charge in [0, 0.05) is 39.1 Å². The van der Waals surface area contributed by atoms with Crippen LogP contribution < -0.4 is 10.6 Å². The van der Waals surface area contributed by atoms with Gasteiger partial charge in [-0.3, -0.25) is 4.79 Å². The van der Waals surface area contributed by atoms with Crippen molar-refractivity contribution in [2.45, 2.75) is 31.7 Å². The van der Waals surface area contributed by atoms with Gasteiger partial charge in [0.15, 0.2) is 0 Å². The third-order valence-corrected chi connectivity index (χ3v) is 4.57. The van der Waals surface area contributed by atoms with E-state index in [1.54, 1.807) is 0 Å². The Morgan fingerprint density at radius 2 is 1.96 bits per heavy atom. The minimum Gasteiger partial charge on any atom is -0.349 e. The number of halogens is 2. The molecule has 2 N–H and O–H groups in total. The lowest BCUT2D eigenvalue weighted by Crippen LogP contribution is -2.44. The second kappa shape index (κ2) is 10.1. The molecule has 1 unspecified atom stereocenters. The van der Waals surface area contributed by atoms with Gasteiger partial charge in [0.25, 0.3) is 0 Å². The largest absolute Gasteiger partial charge is 0.349 e. The van der Waals surface area contributed by atoms with Gasteiger partial charge in [-0.1, -0.05) is 24.3 Å². The highest BCUT2D eigenvalue weighted by molar-refractivity contribution is 5.85. The predicted molar refractivity (Wildman–Crippen MR) is 98.7 cm³/mol. The maximum absolute atomic E-state index is 12.2. The van der Waals surface area contributed by atoms with E-state index >= 15 is 0 Å². The molecule has 1 atom stereocenters. The fraction of sp³-hybridized carbons (Fsp3) is 0.588. The van der Waals surface area contributed by atoms with Crippen LogP contribution in [0.4, 0.5) is 0 Å². The van der Waals surface area contributed by atoms with Crippen LogP contribution in [-0.4, -0.2) is 43.5 Å². The quantitative estimate of drug-likeness (QED) is 0.866. The second-order valence-electron chi connectivity index (χ2n) is 6.05. The minimum absolute atomic E-state index is 0. The summed E-state index contributed by atoms with van der Waals surface area (Å²) in [7, 11) is 0. The molecule has 1 aromatic carbocycles. The van der Waals surface area contributed by atoms with Gasteiger partial charge in [0.05, 0.1) is 6.04 Å². The summed E-state index contributed by atoms with van der Waals surface area (Å²) in [5.74, 6) is 0.190. The number of carbonyl (C=O) groups excluding carboxylic acids is 1. The fourth-order valence-corrected chi connectivity index (χ4v) is 3.36. The van der Waals surface area contributed by atoms with Gasteiger partial charge in [-0.15, -0.1) is 24.8 Å². The van der Waals surface area contributed by atoms with Crippen molar-refractivity contribution >= 4 is 30.7 Å². The summed E-state index contributed by atoms with van der Waals surface area (Å²) in [6, 6.07) is 8.73. The number of fused-ring (bicyclic) bond motifs is 1. The van der Waals surface area contributed by atoms with Crippen LogP contribution in [0.3, 0.4) is 0 Å². The van der Waals surface area contributed by atoms with Gasteiger partial charge in [0.2, 0.25) is 5.91 Å². The number of benzene rings is 1. The highest BCUT2D eigenvalue weighted by Gasteiger charge is 2.21. The maximum atomic E-state index is 12.2. The van der Waals surface area contributed by atoms with Gasteiger partial charge >= 0.3 is 0 Å².